The van der Waals surface area contributed by atoms with Crippen molar-refractivity contribution in [3.63, 3.8) is 0 Å². The topological polar surface area (TPSA) is 307 Å². The van der Waals surface area contributed by atoms with Crippen LogP contribution in [0.1, 0.15) is 399 Å². The summed E-state index contributed by atoms with van der Waals surface area (Å²) in [6.45, 7) is 1.89. The Morgan fingerprint density at radius 1 is 0.311 bits per heavy atom. The SMILES string of the molecule is CCCCCCCCCCCCCCCCCCCCCCCCCCCCCCCCCCCC(=O)NC(COC1OC(CO)C(OC2OC(CO)C(OC3OC(CO)C(O)C(O)C3O)C(O)C2O)C(O)C1O)C(O)CCCCCCCCCCCCCCCCCCCCCCCCCCC. The predicted octanol–water partition coefficient (Wildman–Crippen LogP) is 15.7. The third-order valence-electron chi connectivity index (χ3n) is 22.4. The second-order valence-corrected chi connectivity index (χ2v) is 31.7. The van der Waals surface area contributed by atoms with Gasteiger partial charge in [0, 0.05) is 6.42 Å². The van der Waals surface area contributed by atoms with Crippen molar-refractivity contribution in [3.8, 4) is 0 Å². The van der Waals surface area contributed by atoms with Crippen molar-refractivity contribution in [2.24, 2.45) is 0 Å². The molecule has 0 aliphatic carbocycles. The van der Waals surface area contributed by atoms with Gasteiger partial charge in [0.15, 0.2) is 18.9 Å². The Bertz CT molecular complexity index is 1860. The first kappa shape index (κ1) is 96.0. The number of rotatable bonds is 72. The first-order valence-electron chi connectivity index (χ1n) is 43.8. The number of carbonyl (C=O) groups excluding carboxylic acids is 1. The summed E-state index contributed by atoms with van der Waals surface area (Å²) in [5.41, 5.74) is 0. The quantitative estimate of drug-likeness (QED) is 0.0252. The van der Waals surface area contributed by atoms with Crippen LogP contribution in [0.5, 0.6) is 0 Å². The van der Waals surface area contributed by atoms with Gasteiger partial charge in [-0.2, -0.15) is 0 Å². The van der Waals surface area contributed by atoms with Crippen LogP contribution in [0.4, 0.5) is 0 Å². The van der Waals surface area contributed by atoms with E-state index in [1.165, 1.54) is 321 Å². The van der Waals surface area contributed by atoms with Crippen LogP contribution >= 0.6 is 0 Å². The zero-order valence-electron chi connectivity index (χ0n) is 65.8. The fourth-order valence-electron chi connectivity index (χ4n) is 15.4. The largest absolute Gasteiger partial charge is 0.394 e. The van der Waals surface area contributed by atoms with Gasteiger partial charge in [0.1, 0.15) is 73.2 Å². The van der Waals surface area contributed by atoms with Gasteiger partial charge < -0.3 is 89.9 Å². The summed E-state index contributed by atoms with van der Waals surface area (Å²) in [5.74, 6) is -0.231. The van der Waals surface area contributed by atoms with Gasteiger partial charge in [-0.3, -0.25) is 4.79 Å². The summed E-state index contributed by atoms with van der Waals surface area (Å²) in [5, 5.41) is 121. The highest BCUT2D eigenvalue weighted by atomic mass is 16.8. The Hall–Kier alpha value is -1.21. The zero-order chi connectivity index (χ0) is 74.6. The van der Waals surface area contributed by atoms with Crippen molar-refractivity contribution in [2.75, 3.05) is 26.4 Å². The molecule has 3 heterocycles. The molecule has 3 aliphatic heterocycles. The lowest BCUT2D eigenvalue weighted by molar-refractivity contribution is -0.379. The van der Waals surface area contributed by atoms with Gasteiger partial charge in [-0.1, -0.05) is 380 Å². The Balaban J connectivity index is 1.32. The predicted molar refractivity (Wildman–Crippen MR) is 411 cm³/mol. The van der Waals surface area contributed by atoms with Crippen molar-refractivity contribution < 1.29 is 89.4 Å². The van der Waals surface area contributed by atoms with Crippen LogP contribution < -0.4 is 5.32 Å². The second kappa shape index (κ2) is 65.5. The molecule has 19 heteroatoms. The maximum Gasteiger partial charge on any atom is 0.220 e. The molecule has 12 N–H and O–H groups in total. The molecule has 17 atom stereocenters. The molecule has 0 spiro atoms. The highest BCUT2D eigenvalue weighted by Crippen LogP contribution is 2.34. The van der Waals surface area contributed by atoms with Crippen molar-refractivity contribution in [1.82, 2.24) is 5.32 Å². The minimum atomic E-state index is -1.97. The summed E-state index contributed by atoms with van der Waals surface area (Å²) in [6, 6.07) is -0.884. The maximum atomic E-state index is 13.5. The zero-order valence-corrected chi connectivity index (χ0v) is 65.8. The van der Waals surface area contributed by atoms with Gasteiger partial charge in [-0.15, -0.1) is 0 Å². The third kappa shape index (κ3) is 45.0. The van der Waals surface area contributed by atoms with Gasteiger partial charge in [0.25, 0.3) is 0 Å². The van der Waals surface area contributed by atoms with Crippen LogP contribution in [0, 0.1) is 0 Å². The number of unbranched alkanes of at least 4 members (excludes halogenated alkanes) is 56. The second-order valence-electron chi connectivity index (χ2n) is 31.7. The first-order chi connectivity index (χ1) is 50.3. The summed E-state index contributed by atoms with van der Waals surface area (Å²) in [6.07, 6.45) is 50.7. The molecule has 17 unspecified atom stereocenters. The molecule has 0 aromatic carbocycles. The van der Waals surface area contributed by atoms with Gasteiger partial charge in [-0.05, 0) is 12.8 Å². The Kier molecular flexibility index (Phi) is 61.0. The van der Waals surface area contributed by atoms with Crippen LogP contribution in [-0.2, 0) is 33.2 Å². The molecule has 3 saturated heterocycles. The monoisotopic (exact) mass is 1470 g/mol. The minimum Gasteiger partial charge on any atom is -0.394 e. The minimum absolute atomic E-state index is 0.231. The molecule has 103 heavy (non-hydrogen) atoms. The van der Waals surface area contributed by atoms with Crippen LogP contribution in [0.3, 0.4) is 0 Å². The Morgan fingerprint density at radius 2 is 0.553 bits per heavy atom. The van der Waals surface area contributed by atoms with Gasteiger partial charge in [0.05, 0.1) is 38.6 Å². The molecule has 0 aromatic rings. The lowest BCUT2D eigenvalue weighted by Gasteiger charge is -2.48. The molecule has 3 aliphatic rings. The third-order valence-corrected chi connectivity index (χ3v) is 22.4. The van der Waals surface area contributed by atoms with Crippen LogP contribution in [0.25, 0.3) is 0 Å². The van der Waals surface area contributed by atoms with E-state index in [1.807, 2.05) is 0 Å². The molecule has 3 fully saturated rings. The van der Waals surface area contributed by atoms with Crippen molar-refractivity contribution in [1.29, 1.82) is 0 Å². The summed E-state index contributed by atoms with van der Waals surface area (Å²) < 4.78 is 34.6. The van der Waals surface area contributed by atoms with E-state index in [2.05, 4.69) is 19.2 Å². The van der Waals surface area contributed by atoms with Crippen LogP contribution in [0.2, 0.25) is 0 Å². The van der Waals surface area contributed by atoms with Gasteiger partial charge >= 0.3 is 0 Å². The summed E-state index contributed by atoms with van der Waals surface area (Å²) in [4.78, 5) is 13.5. The number of aliphatic hydroxyl groups is 11. The number of hydrogen-bond donors (Lipinski definition) is 12. The first-order valence-corrected chi connectivity index (χ1v) is 43.8. The van der Waals surface area contributed by atoms with E-state index in [4.69, 9.17) is 28.4 Å². The van der Waals surface area contributed by atoms with E-state index >= 15 is 0 Å². The molecule has 612 valence electrons. The van der Waals surface area contributed by atoms with Crippen molar-refractivity contribution in [2.45, 2.75) is 503 Å². The van der Waals surface area contributed by atoms with Gasteiger partial charge in [-0.25, -0.2) is 0 Å². The number of amides is 1. The average molecular weight is 1480 g/mol. The number of nitrogens with one attached hydrogen (secondary N) is 1. The maximum absolute atomic E-state index is 13.5. The van der Waals surface area contributed by atoms with E-state index in [-0.39, 0.29) is 18.9 Å². The molecule has 0 aromatic heterocycles. The van der Waals surface area contributed by atoms with Crippen molar-refractivity contribution in [3.05, 3.63) is 0 Å². The van der Waals surface area contributed by atoms with E-state index in [0.717, 1.165) is 44.9 Å². The molecule has 3 rings (SSSR count). The molecular formula is C84H163NO18. The van der Waals surface area contributed by atoms with E-state index in [1.54, 1.807) is 0 Å². The van der Waals surface area contributed by atoms with E-state index < -0.39 is 124 Å². The molecular weight excluding hydrogens is 1310 g/mol. The van der Waals surface area contributed by atoms with Crippen LogP contribution in [0.15, 0.2) is 0 Å². The summed E-state index contributed by atoms with van der Waals surface area (Å²) in [7, 11) is 0. The molecule has 0 saturated carbocycles. The van der Waals surface area contributed by atoms with E-state index in [9.17, 15) is 61.0 Å². The number of aliphatic hydroxyl groups excluding tert-OH is 11. The summed E-state index contributed by atoms with van der Waals surface area (Å²) >= 11 is 0. The van der Waals surface area contributed by atoms with Crippen molar-refractivity contribution >= 4 is 5.91 Å². The number of hydrogen-bond acceptors (Lipinski definition) is 18. The normalized spacial score (nSPS) is 25.9. The molecule has 0 radical (unpaired) electrons. The highest BCUT2D eigenvalue weighted by molar-refractivity contribution is 5.76. The molecule has 1 amide bonds. The average Bonchev–Trinajstić information content (AvgIpc) is 0.781. The molecule has 19 nitrogen and oxygen atoms in total. The number of ether oxygens (including phenoxy) is 6. The lowest BCUT2D eigenvalue weighted by atomic mass is 9.96. The number of carbonyl (C=O) groups is 1. The molecule has 0 bridgehead atoms. The van der Waals surface area contributed by atoms with Gasteiger partial charge in [0.2, 0.25) is 5.91 Å². The fraction of sp³-hybridized carbons (Fsp3) is 0.988. The Labute approximate surface area is 627 Å². The van der Waals surface area contributed by atoms with E-state index in [0.29, 0.717) is 12.8 Å². The standard InChI is InChI=1S/C84H163NO18/c1-3-5-7-9-11-13-15-17-19-21-23-25-27-29-30-31-32-33-34-35-36-38-40-42-44-46-48-50-52-54-56-58-60-62-72(90)85-67(68(89)61-59-57-55-53-51-49-47-45-43-41-39-37-28-26-24-22-20-18-16-14-12-10-8-6-4-2)66-98-82-78(96)75(93)80(70(64-87)100-82)103-84-79(97)76(94)81(71(65-88)101-84)102-83-77(95)74(92)73(91)69(63-86)99-83/h67-71,73-84,86-89,91-97H,3-66H2,1-2H3,(H,85,90). The Morgan fingerprint density at radius 3 is 0.845 bits per heavy atom. The smallest absolute Gasteiger partial charge is 0.220 e. The van der Waals surface area contributed by atoms with Crippen LogP contribution in [-0.4, -0.2) is 193 Å². The lowest BCUT2D eigenvalue weighted by Crippen LogP contribution is -2.66. The fourth-order valence-corrected chi connectivity index (χ4v) is 15.4. The highest BCUT2D eigenvalue weighted by Gasteiger charge is 2.54.